The van der Waals surface area contributed by atoms with Crippen molar-refractivity contribution in [3.05, 3.63) is 29.8 Å². The highest BCUT2D eigenvalue weighted by Crippen LogP contribution is 2.46. The van der Waals surface area contributed by atoms with Crippen molar-refractivity contribution in [1.29, 1.82) is 0 Å². The molecule has 1 aromatic carbocycles. The number of hydrazone groups is 2. The summed E-state index contributed by atoms with van der Waals surface area (Å²) in [6, 6.07) is 7.37. The van der Waals surface area contributed by atoms with E-state index >= 15 is 0 Å². The van der Waals surface area contributed by atoms with E-state index in [1.165, 1.54) is 0 Å². The van der Waals surface area contributed by atoms with Gasteiger partial charge < -0.3 is 23.8 Å². The van der Waals surface area contributed by atoms with Crippen LogP contribution in [0.2, 0.25) is 0 Å². The van der Waals surface area contributed by atoms with Crippen LogP contribution in [0.3, 0.4) is 0 Å². The van der Waals surface area contributed by atoms with Crippen molar-refractivity contribution in [2.75, 3.05) is 24.7 Å². The summed E-state index contributed by atoms with van der Waals surface area (Å²) in [5, 5.41) is 9.51. The Balaban J connectivity index is 2.07. The largest absolute Gasteiger partial charge is 0.461 e. The highest BCUT2D eigenvalue weighted by molar-refractivity contribution is 6.38. The summed E-state index contributed by atoms with van der Waals surface area (Å²) in [6.45, 7) is 13.6. The summed E-state index contributed by atoms with van der Waals surface area (Å²) in [7, 11) is 0. The molecule has 0 bridgehead atoms. The number of hydrogen-bond donors (Lipinski definition) is 1. The van der Waals surface area contributed by atoms with E-state index in [9.17, 15) is 19.2 Å². The molecule has 0 saturated heterocycles. The van der Waals surface area contributed by atoms with Gasteiger partial charge in [0.05, 0.1) is 19.8 Å². The number of esters is 2. The van der Waals surface area contributed by atoms with Crippen LogP contribution >= 0.6 is 0 Å². The Morgan fingerprint density at radius 2 is 1.61 bits per heavy atom. The zero-order chi connectivity index (χ0) is 30.5. The van der Waals surface area contributed by atoms with E-state index in [1.807, 2.05) is 24.3 Å². The van der Waals surface area contributed by atoms with Gasteiger partial charge in [-0.05, 0) is 67.0 Å². The van der Waals surface area contributed by atoms with Crippen LogP contribution in [0.5, 0.6) is 0 Å². The van der Waals surface area contributed by atoms with Crippen LogP contribution in [0.1, 0.15) is 73.3 Å². The lowest BCUT2D eigenvalue weighted by Crippen LogP contribution is -2.55. The molecule has 2 aliphatic heterocycles. The maximum absolute atomic E-state index is 13.5. The van der Waals surface area contributed by atoms with Gasteiger partial charge in [-0.15, -0.1) is 0 Å². The fourth-order valence-electron chi connectivity index (χ4n) is 4.45. The minimum absolute atomic E-state index is 0.0708. The minimum atomic E-state index is -0.852. The first-order valence-corrected chi connectivity index (χ1v) is 13.5. The molecule has 0 spiro atoms. The quantitative estimate of drug-likeness (QED) is 0.222. The average molecular weight is 574 g/mol. The predicted molar refractivity (Wildman–Crippen MR) is 151 cm³/mol. The number of ether oxygens (including phenoxy) is 4. The topological polar surface area (TPSA) is 148 Å². The third-order valence-electron chi connectivity index (χ3n) is 5.82. The third kappa shape index (κ3) is 7.95. The van der Waals surface area contributed by atoms with E-state index in [0.29, 0.717) is 5.69 Å². The van der Waals surface area contributed by atoms with Gasteiger partial charge >= 0.3 is 24.1 Å². The number of nitrogens with one attached hydrogen (secondary N) is 1. The fourth-order valence-corrected chi connectivity index (χ4v) is 4.45. The summed E-state index contributed by atoms with van der Waals surface area (Å²) in [6.07, 6.45) is -2.25. The highest BCUT2D eigenvalue weighted by atomic mass is 16.6. The summed E-state index contributed by atoms with van der Waals surface area (Å²) < 4.78 is 21.3. The molecule has 2 aliphatic rings. The summed E-state index contributed by atoms with van der Waals surface area (Å²) in [4.78, 5) is 53.2. The Bertz CT molecular complexity index is 1230. The van der Waals surface area contributed by atoms with Crippen LogP contribution in [0.4, 0.5) is 15.3 Å². The lowest BCUT2D eigenvalue weighted by atomic mass is 9.91. The van der Waals surface area contributed by atoms with Crippen LogP contribution in [0.15, 0.2) is 34.5 Å². The molecule has 0 aliphatic carbocycles. The number of amides is 2. The maximum atomic E-state index is 13.5. The van der Waals surface area contributed by atoms with E-state index in [2.05, 4.69) is 15.6 Å². The Hall–Kier alpha value is -4.16. The number of anilines is 1. The van der Waals surface area contributed by atoms with Gasteiger partial charge in [0.2, 0.25) is 0 Å². The lowest BCUT2D eigenvalue weighted by Gasteiger charge is -2.39. The van der Waals surface area contributed by atoms with Gasteiger partial charge in [0.1, 0.15) is 23.1 Å². The first kappa shape index (κ1) is 31.4. The maximum Gasteiger partial charge on any atom is 0.432 e. The van der Waals surface area contributed by atoms with E-state index in [-0.39, 0.29) is 37.6 Å². The van der Waals surface area contributed by atoms with Gasteiger partial charge in [-0.3, -0.25) is 0 Å². The fraction of sp³-hybridized carbons (Fsp3) is 0.571. The van der Waals surface area contributed by atoms with Crippen LogP contribution in [0, 0.1) is 0 Å². The second-order valence-corrected chi connectivity index (χ2v) is 11.4. The number of benzene rings is 1. The molecule has 0 saturated carbocycles. The number of rotatable bonds is 7. The molecule has 0 radical (unpaired) electrons. The van der Waals surface area contributed by atoms with Gasteiger partial charge in [-0.25, -0.2) is 24.6 Å². The molecule has 0 aromatic heterocycles. The molecule has 2 amide bonds. The molecule has 0 unspecified atom stereocenters. The second kappa shape index (κ2) is 12.6. The molecule has 2 atom stereocenters. The first-order chi connectivity index (χ1) is 19.1. The summed E-state index contributed by atoms with van der Waals surface area (Å²) >= 11 is 0. The standard InChI is InChI=1S/C28H39N5O8/c1-9-38-23(34)19-15-18-17-13-11-12-14-21(17)32(22(18)33(31-19)26(37)41-28(6,7)8)16-20(24(35)39-10-2)29-30-25(36)40-27(3,4)5/h11-14,18,22H,9-10,15-16H2,1-8H3,(H,30,36)/t18-,22-/m0/s1. The van der Waals surface area contributed by atoms with Crippen molar-refractivity contribution in [3.8, 4) is 0 Å². The smallest absolute Gasteiger partial charge is 0.432 e. The molecule has 13 nitrogen and oxygen atoms in total. The zero-order valence-electron chi connectivity index (χ0n) is 24.8. The number of carbonyl (C=O) groups excluding carboxylic acids is 4. The zero-order valence-corrected chi connectivity index (χ0v) is 24.8. The van der Waals surface area contributed by atoms with Crippen LogP contribution in [0.25, 0.3) is 0 Å². The number of nitrogens with zero attached hydrogens (tertiary/aromatic N) is 4. The molecule has 0 fully saturated rings. The molecule has 3 rings (SSSR count). The van der Waals surface area contributed by atoms with E-state index in [4.69, 9.17) is 18.9 Å². The van der Waals surface area contributed by atoms with Gasteiger partial charge in [-0.2, -0.15) is 15.2 Å². The van der Waals surface area contributed by atoms with E-state index in [1.54, 1.807) is 60.3 Å². The van der Waals surface area contributed by atoms with Crippen molar-refractivity contribution < 1.29 is 38.1 Å². The molecule has 2 heterocycles. The number of para-hydroxylation sites is 1. The Morgan fingerprint density at radius 1 is 0.976 bits per heavy atom. The van der Waals surface area contributed by atoms with Crippen molar-refractivity contribution in [1.82, 2.24) is 10.4 Å². The monoisotopic (exact) mass is 573 g/mol. The van der Waals surface area contributed by atoms with Crippen LogP contribution in [-0.2, 0) is 28.5 Å². The molecular weight excluding hydrogens is 534 g/mol. The Kier molecular flexibility index (Phi) is 9.61. The number of hydrogen-bond acceptors (Lipinski definition) is 11. The Labute approximate surface area is 239 Å². The molecule has 41 heavy (non-hydrogen) atoms. The summed E-state index contributed by atoms with van der Waals surface area (Å²) in [5.74, 6) is -1.82. The molecule has 13 heteroatoms. The second-order valence-electron chi connectivity index (χ2n) is 11.4. The highest BCUT2D eigenvalue weighted by Gasteiger charge is 2.49. The predicted octanol–water partition coefficient (Wildman–Crippen LogP) is 3.92. The van der Waals surface area contributed by atoms with Crippen molar-refractivity contribution in [3.63, 3.8) is 0 Å². The van der Waals surface area contributed by atoms with Crippen LogP contribution < -0.4 is 10.3 Å². The van der Waals surface area contributed by atoms with Crippen molar-refractivity contribution >= 4 is 41.2 Å². The minimum Gasteiger partial charge on any atom is -0.461 e. The number of fused-ring (bicyclic) bond motifs is 3. The molecule has 224 valence electrons. The van der Waals surface area contributed by atoms with Gasteiger partial charge in [0, 0.05) is 18.0 Å². The SMILES string of the molecule is CCOC(=O)C(CN1c2ccccc2[C@@H]2CC(C(=O)OCC)=NN(C(=O)OC(C)(C)C)[C@@H]21)=NNC(=O)OC(C)(C)C. The van der Waals surface area contributed by atoms with Gasteiger partial charge in [0.25, 0.3) is 0 Å². The normalized spacial score (nSPS) is 18.5. The summed E-state index contributed by atoms with van der Waals surface area (Å²) in [5.41, 5.74) is 2.06. The molecular formula is C28H39N5O8. The van der Waals surface area contributed by atoms with E-state index in [0.717, 1.165) is 10.6 Å². The number of carbonyl (C=O) groups is 4. The molecule has 1 N–H and O–H groups in total. The third-order valence-corrected chi connectivity index (χ3v) is 5.82. The van der Waals surface area contributed by atoms with Gasteiger partial charge in [-0.1, -0.05) is 18.2 Å². The van der Waals surface area contributed by atoms with Gasteiger partial charge in [0.15, 0.2) is 5.71 Å². The lowest BCUT2D eigenvalue weighted by molar-refractivity contribution is -0.136. The van der Waals surface area contributed by atoms with Crippen molar-refractivity contribution in [2.24, 2.45) is 10.2 Å². The average Bonchev–Trinajstić information content (AvgIpc) is 3.17. The van der Waals surface area contributed by atoms with Crippen molar-refractivity contribution in [2.45, 2.75) is 85.1 Å². The first-order valence-electron chi connectivity index (χ1n) is 13.5. The van der Waals surface area contributed by atoms with E-state index < -0.39 is 47.4 Å². The van der Waals surface area contributed by atoms with Crippen LogP contribution in [-0.4, -0.2) is 77.7 Å². The molecule has 1 aromatic rings. The Morgan fingerprint density at radius 3 is 2.22 bits per heavy atom.